The molecule has 1 aliphatic rings. The van der Waals surface area contributed by atoms with E-state index in [-0.39, 0.29) is 29.8 Å². The first-order chi connectivity index (χ1) is 13.5. The van der Waals surface area contributed by atoms with Gasteiger partial charge in [0.05, 0.1) is 22.4 Å². The fraction of sp³-hybridized carbons (Fsp3) is 0.333. The SMILES string of the molecule is CCC(C(=O)N1CCN(S(=O)(=O)c2ccc(C#N)cc2)CC1)c1ccccc1. The molecule has 0 saturated carbocycles. The maximum Gasteiger partial charge on any atom is 0.243 e. The summed E-state index contributed by atoms with van der Waals surface area (Å²) < 4.78 is 27.0. The summed E-state index contributed by atoms with van der Waals surface area (Å²) in [5.74, 6) is -0.160. The second kappa shape index (κ2) is 8.55. The first-order valence-electron chi connectivity index (χ1n) is 9.31. The molecule has 0 N–H and O–H groups in total. The molecule has 1 aliphatic heterocycles. The molecule has 7 heteroatoms. The van der Waals surface area contributed by atoms with Crippen LogP contribution in [0.4, 0.5) is 0 Å². The molecule has 1 amide bonds. The molecule has 28 heavy (non-hydrogen) atoms. The van der Waals surface area contributed by atoms with Crippen LogP contribution in [0.2, 0.25) is 0 Å². The van der Waals surface area contributed by atoms with Crippen molar-refractivity contribution < 1.29 is 13.2 Å². The van der Waals surface area contributed by atoms with Crippen molar-refractivity contribution in [2.75, 3.05) is 26.2 Å². The molecule has 1 atom stereocenters. The molecule has 1 fully saturated rings. The Morgan fingerprint density at radius 3 is 2.18 bits per heavy atom. The van der Waals surface area contributed by atoms with Crippen LogP contribution < -0.4 is 0 Å². The average molecular weight is 398 g/mol. The Labute approximate surface area is 166 Å². The van der Waals surface area contributed by atoms with E-state index in [1.165, 1.54) is 28.6 Å². The highest BCUT2D eigenvalue weighted by Crippen LogP contribution is 2.24. The van der Waals surface area contributed by atoms with E-state index in [0.29, 0.717) is 25.1 Å². The van der Waals surface area contributed by atoms with E-state index >= 15 is 0 Å². The number of hydrogen-bond acceptors (Lipinski definition) is 4. The Bertz CT molecular complexity index is 958. The second-order valence-corrected chi connectivity index (χ2v) is 8.68. The molecule has 0 bridgehead atoms. The minimum Gasteiger partial charge on any atom is -0.340 e. The number of nitriles is 1. The normalized spacial score (nSPS) is 16.4. The lowest BCUT2D eigenvalue weighted by Crippen LogP contribution is -2.51. The van der Waals surface area contributed by atoms with Crippen LogP contribution >= 0.6 is 0 Å². The van der Waals surface area contributed by atoms with Crippen molar-refractivity contribution in [3.63, 3.8) is 0 Å². The van der Waals surface area contributed by atoms with Crippen molar-refractivity contribution in [2.45, 2.75) is 24.2 Å². The monoisotopic (exact) mass is 397 g/mol. The summed E-state index contributed by atoms with van der Waals surface area (Å²) in [6.45, 7) is 3.26. The zero-order chi connectivity index (χ0) is 20.1. The van der Waals surface area contributed by atoms with Gasteiger partial charge in [0.1, 0.15) is 0 Å². The van der Waals surface area contributed by atoms with Crippen LogP contribution in [0.3, 0.4) is 0 Å². The van der Waals surface area contributed by atoms with Gasteiger partial charge in [-0.3, -0.25) is 4.79 Å². The lowest BCUT2D eigenvalue weighted by atomic mass is 9.95. The molecule has 3 rings (SSSR count). The predicted octanol–water partition coefficient (Wildman–Crippen LogP) is 2.58. The van der Waals surface area contributed by atoms with Gasteiger partial charge in [-0.05, 0) is 36.2 Å². The highest BCUT2D eigenvalue weighted by atomic mass is 32.2. The highest BCUT2D eigenvalue weighted by molar-refractivity contribution is 7.89. The summed E-state index contributed by atoms with van der Waals surface area (Å²) in [5.41, 5.74) is 1.41. The molecule has 6 nitrogen and oxygen atoms in total. The Morgan fingerprint density at radius 1 is 1.04 bits per heavy atom. The van der Waals surface area contributed by atoms with Gasteiger partial charge in [0.2, 0.25) is 15.9 Å². The largest absolute Gasteiger partial charge is 0.340 e. The van der Waals surface area contributed by atoms with E-state index in [2.05, 4.69) is 0 Å². The third-order valence-electron chi connectivity index (χ3n) is 5.08. The summed E-state index contributed by atoms with van der Waals surface area (Å²) in [4.78, 5) is 14.9. The summed E-state index contributed by atoms with van der Waals surface area (Å²) >= 11 is 0. The van der Waals surface area contributed by atoms with Crippen LogP contribution in [0, 0.1) is 11.3 Å². The maximum absolute atomic E-state index is 13.0. The Hall–Kier alpha value is -2.69. The fourth-order valence-corrected chi connectivity index (χ4v) is 4.88. The molecular formula is C21H23N3O3S. The van der Waals surface area contributed by atoms with Crippen LogP contribution in [0.15, 0.2) is 59.5 Å². The fourth-order valence-electron chi connectivity index (χ4n) is 3.46. The molecule has 1 heterocycles. The van der Waals surface area contributed by atoms with E-state index in [0.717, 1.165) is 5.56 Å². The predicted molar refractivity (Wildman–Crippen MR) is 106 cm³/mol. The number of sulfonamides is 1. The first-order valence-corrected chi connectivity index (χ1v) is 10.8. The number of piperazine rings is 1. The van der Waals surface area contributed by atoms with Crippen LogP contribution in [0.5, 0.6) is 0 Å². The lowest BCUT2D eigenvalue weighted by molar-refractivity contribution is -0.134. The van der Waals surface area contributed by atoms with E-state index < -0.39 is 10.0 Å². The zero-order valence-electron chi connectivity index (χ0n) is 15.8. The van der Waals surface area contributed by atoms with E-state index in [1.807, 2.05) is 43.3 Å². The van der Waals surface area contributed by atoms with Gasteiger partial charge in [-0.25, -0.2) is 8.42 Å². The van der Waals surface area contributed by atoms with Gasteiger partial charge in [-0.15, -0.1) is 0 Å². The molecule has 0 radical (unpaired) electrons. The van der Waals surface area contributed by atoms with Crippen molar-refractivity contribution in [2.24, 2.45) is 0 Å². The van der Waals surface area contributed by atoms with Gasteiger partial charge in [0.25, 0.3) is 0 Å². The number of carbonyl (C=O) groups excluding carboxylic acids is 1. The maximum atomic E-state index is 13.0. The van der Waals surface area contributed by atoms with E-state index in [1.54, 1.807) is 4.90 Å². The van der Waals surface area contributed by atoms with Crippen LogP contribution in [-0.2, 0) is 14.8 Å². The molecular weight excluding hydrogens is 374 g/mol. The molecule has 1 unspecified atom stereocenters. The molecule has 146 valence electrons. The van der Waals surface area contributed by atoms with Crippen molar-refractivity contribution in [3.8, 4) is 6.07 Å². The molecule has 0 aliphatic carbocycles. The summed E-state index contributed by atoms with van der Waals surface area (Å²) in [7, 11) is -3.63. The van der Waals surface area contributed by atoms with Crippen LogP contribution in [0.1, 0.15) is 30.4 Å². The van der Waals surface area contributed by atoms with Gasteiger partial charge in [-0.1, -0.05) is 37.3 Å². The Kier molecular flexibility index (Phi) is 6.12. The second-order valence-electron chi connectivity index (χ2n) is 6.74. The van der Waals surface area contributed by atoms with Gasteiger partial charge < -0.3 is 4.90 Å². The summed E-state index contributed by atoms with van der Waals surface area (Å²) in [5, 5.41) is 8.86. The van der Waals surface area contributed by atoms with Crippen molar-refractivity contribution in [1.29, 1.82) is 5.26 Å². The van der Waals surface area contributed by atoms with E-state index in [4.69, 9.17) is 5.26 Å². The Balaban J connectivity index is 1.68. The van der Waals surface area contributed by atoms with Crippen LogP contribution in [-0.4, -0.2) is 49.7 Å². The molecule has 2 aromatic carbocycles. The topological polar surface area (TPSA) is 81.5 Å². The van der Waals surface area contributed by atoms with Gasteiger partial charge in [0.15, 0.2) is 0 Å². The van der Waals surface area contributed by atoms with Gasteiger partial charge >= 0.3 is 0 Å². The highest BCUT2D eigenvalue weighted by Gasteiger charge is 2.32. The molecule has 1 saturated heterocycles. The van der Waals surface area contributed by atoms with Crippen molar-refractivity contribution in [3.05, 3.63) is 65.7 Å². The van der Waals surface area contributed by atoms with E-state index in [9.17, 15) is 13.2 Å². The van der Waals surface area contributed by atoms with Gasteiger partial charge in [0, 0.05) is 26.2 Å². The van der Waals surface area contributed by atoms with Gasteiger partial charge in [-0.2, -0.15) is 9.57 Å². The number of carbonyl (C=O) groups is 1. The summed E-state index contributed by atoms with van der Waals surface area (Å²) in [6, 6.07) is 17.6. The third-order valence-corrected chi connectivity index (χ3v) is 6.99. The molecule has 0 spiro atoms. The number of amides is 1. The lowest BCUT2D eigenvalue weighted by Gasteiger charge is -2.35. The number of hydrogen-bond donors (Lipinski definition) is 0. The zero-order valence-corrected chi connectivity index (χ0v) is 16.6. The minimum absolute atomic E-state index is 0.0455. The van der Waals surface area contributed by atoms with Crippen molar-refractivity contribution in [1.82, 2.24) is 9.21 Å². The minimum atomic E-state index is -3.63. The first kappa shape index (κ1) is 20.1. The quantitative estimate of drug-likeness (QED) is 0.777. The summed E-state index contributed by atoms with van der Waals surface area (Å²) in [6.07, 6.45) is 0.701. The number of rotatable bonds is 5. The number of nitrogens with zero attached hydrogens (tertiary/aromatic N) is 3. The number of benzene rings is 2. The van der Waals surface area contributed by atoms with Crippen molar-refractivity contribution >= 4 is 15.9 Å². The smallest absolute Gasteiger partial charge is 0.243 e. The molecule has 0 aromatic heterocycles. The standard InChI is InChI=1S/C21H23N3O3S/c1-2-20(18-6-4-3-5-7-18)21(25)23-12-14-24(15-13-23)28(26,27)19-10-8-17(16-22)9-11-19/h3-11,20H,2,12-15H2,1H3. The van der Waals surface area contributed by atoms with Crippen LogP contribution in [0.25, 0.3) is 0 Å². The Morgan fingerprint density at radius 2 is 1.64 bits per heavy atom. The molecule has 2 aromatic rings. The third kappa shape index (κ3) is 4.08. The average Bonchev–Trinajstić information content (AvgIpc) is 2.75.